The molecule has 0 aliphatic carbocycles. The largest absolute Gasteiger partial charge is 0.340 e. The summed E-state index contributed by atoms with van der Waals surface area (Å²) in [6.45, 7) is 4.26. The maximum atomic E-state index is 11.7. The van der Waals surface area contributed by atoms with Crippen LogP contribution in [0, 0.1) is 0 Å². The number of hydrogen-bond donors (Lipinski definition) is 0. The molecule has 80 valence electrons. The third-order valence-electron chi connectivity index (χ3n) is 2.82. The SMILES string of the molecule is CC(=O)CCN1C(=O)CCCCC1C. The Bertz CT molecular complexity index is 225. The van der Waals surface area contributed by atoms with Crippen LogP contribution in [-0.4, -0.2) is 29.2 Å². The van der Waals surface area contributed by atoms with Gasteiger partial charge in [-0.05, 0) is 26.7 Å². The van der Waals surface area contributed by atoms with Crippen LogP contribution in [0.5, 0.6) is 0 Å². The van der Waals surface area contributed by atoms with Crippen LogP contribution in [0.25, 0.3) is 0 Å². The summed E-state index contributed by atoms with van der Waals surface area (Å²) in [6.07, 6.45) is 4.35. The fourth-order valence-electron chi connectivity index (χ4n) is 1.88. The predicted molar refractivity (Wildman–Crippen MR) is 54.9 cm³/mol. The molecule has 0 aromatic carbocycles. The summed E-state index contributed by atoms with van der Waals surface area (Å²) in [7, 11) is 0. The Balaban J connectivity index is 2.51. The van der Waals surface area contributed by atoms with Gasteiger partial charge in [-0.25, -0.2) is 0 Å². The van der Waals surface area contributed by atoms with Crippen molar-refractivity contribution in [3.8, 4) is 0 Å². The van der Waals surface area contributed by atoms with E-state index in [0.29, 0.717) is 25.4 Å². The molecule has 14 heavy (non-hydrogen) atoms. The van der Waals surface area contributed by atoms with Crippen LogP contribution in [0.2, 0.25) is 0 Å². The highest BCUT2D eigenvalue weighted by Gasteiger charge is 2.22. The van der Waals surface area contributed by atoms with Crippen molar-refractivity contribution in [1.82, 2.24) is 4.90 Å². The topological polar surface area (TPSA) is 37.4 Å². The van der Waals surface area contributed by atoms with Crippen molar-refractivity contribution >= 4 is 11.7 Å². The van der Waals surface area contributed by atoms with Gasteiger partial charge in [0.25, 0.3) is 0 Å². The summed E-state index contributed by atoms with van der Waals surface area (Å²) in [4.78, 5) is 24.4. The third-order valence-corrected chi connectivity index (χ3v) is 2.82. The molecular weight excluding hydrogens is 178 g/mol. The summed E-state index contributed by atoms with van der Waals surface area (Å²) in [5, 5.41) is 0. The van der Waals surface area contributed by atoms with E-state index in [1.165, 1.54) is 0 Å². The fraction of sp³-hybridized carbons (Fsp3) is 0.818. The number of rotatable bonds is 3. The minimum absolute atomic E-state index is 0.161. The van der Waals surface area contributed by atoms with Crippen LogP contribution in [0.15, 0.2) is 0 Å². The molecule has 0 aromatic rings. The van der Waals surface area contributed by atoms with Gasteiger partial charge in [0.1, 0.15) is 5.78 Å². The number of likely N-dealkylation sites (tertiary alicyclic amines) is 1. The zero-order chi connectivity index (χ0) is 10.6. The van der Waals surface area contributed by atoms with Crippen molar-refractivity contribution in [1.29, 1.82) is 0 Å². The minimum Gasteiger partial charge on any atom is -0.340 e. The molecule has 1 aliphatic rings. The van der Waals surface area contributed by atoms with Crippen molar-refractivity contribution in [3.63, 3.8) is 0 Å². The van der Waals surface area contributed by atoms with Crippen LogP contribution < -0.4 is 0 Å². The molecule has 0 spiro atoms. The van der Waals surface area contributed by atoms with Crippen LogP contribution in [-0.2, 0) is 9.59 Å². The van der Waals surface area contributed by atoms with Gasteiger partial charge in [-0.3, -0.25) is 9.59 Å². The molecule has 1 unspecified atom stereocenters. The van der Waals surface area contributed by atoms with E-state index in [2.05, 4.69) is 6.92 Å². The molecule has 0 aromatic heterocycles. The van der Waals surface area contributed by atoms with E-state index >= 15 is 0 Å². The highest BCUT2D eigenvalue weighted by Crippen LogP contribution is 2.17. The van der Waals surface area contributed by atoms with Crippen LogP contribution in [0.3, 0.4) is 0 Å². The van der Waals surface area contributed by atoms with Gasteiger partial charge in [0.15, 0.2) is 0 Å². The maximum absolute atomic E-state index is 11.7. The summed E-state index contributed by atoms with van der Waals surface area (Å²) in [6, 6.07) is 0.310. The van der Waals surface area contributed by atoms with E-state index in [0.717, 1.165) is 19.3 Å². The summed E-state index contributed by atoms with van der Waals surface area (Å²) >= 11 is 0. The van der Waals surface area contributed by atoms with E-state index < -0.39 is 0 Å². The smallest absolute Gasteiger partial charge is 0.222 e. The number of carbonyl (C=O) groups is 2. The molecule has 1 amide bonds. The second-order valence-electron chi connectivity index (χ2n) is 4.13. The normalized spacial score (nSPS) is 23.4. The molecule has 1 heterocycles. The Morgan fingerprint density at radius 1 is 1.50 bits per heavy atom. The molecule has 3 nitrogen and oxygen atoms in total. The average molecular weight is 197 g/mol. The van der Waals surface area contributed by atoms with Gasteiger partial charge in [-0.2, -0.15) is 0 Å². The molecule has 3 heteroatoms. The fourth-order valence-corrected chi connectivity index (χ4v) is 1.88. The first-order valence-corrected chi connectivity index (χ1v) is 5.40. The second kappa shape index (κ2) is 5.13. The van der Waals surface area contributed by atoms with Crippen LogP contribution in [0.1, 0.15) is 46.0 Å². The molecular formula is C11H19NO2. The predicted octanol–water partition coefficient (Wildman–Crippen LogP) is 1.76. The Morgan fingerprint density at radius 2 is 2.21 bits per heavy atom. The summed E-state index contributed by atoms with van der Waals surface area (Å²) < 4.78 is 0. The zero-order valence-electron chi connectivity index (χ0n) is 9.08. The van der Waals surface area contributed by atoms with Gasteiger partial charge in [0.05, 0.1) is 0 Å². The highest BCUT2D eigenvalue weighted by atomic mass is 16.2. The standard InChI is InChI=1S/C11H19NO2/c1-9-5-3-4-6-11(14)12(9)8-7-10(2)13/h9H,3-8H2,1-2H3. The first kappa shape index (κ1) is 11.2. The molecule has 0 saturated carbocycles. The number of ketones is 1. The number of amides is 1. The summed E-state index contributed by atoms with van der Waals surface area (Å²) in [5.74, 6) is 0.380. The Labute approximate surface area is 85.5 Å². The molecule has 1 aliphatic heterocycles. The molecule has 1 saturated heterocycles. The Hall–Kier alpha value is -0.860. The molecule has 0 radical (unpaired) electrons. The van der Waals surface area contributed by atoms with Gasteiger partial charge in [0, 0.05) is 25.4 Å². The lowest BCUT2D eigenvalue weighted by atomic mass is 10.1. The zero-order valence-corrected chi connectivity index (χ0v) is 9.08. The lowest BCUT2D eigenvalue weighted by molar-refractivity contribution is -0.133. The first-order chi connectivity index (χ1) is 6.61. The van der Waals surface area contributed by atoms with Gasteiger partial charge in [-0.1, -0.05) is 6.42 Å². The number of hydrogen-bond acceptors (Lipinski definition) is 2. The highest BCUT2D eigenvalue weighted by molar-refractivity contribution is 5.79. The van der Waals surface area contributed by atoms with Gasteiger partial charge < -0.3 is 4.90 Å². The summed E-state index contributed by atoms with van der Waals surface area (Å²) in [5.41, 5.74) is 0. The lowest BCUT2D eigenvalue weighted by Crippen LogP contribution is -2.38. The third kappa shape index (κ3) is 3.13. The second-order valence-corrected chi connectivity index (χ2v) is 4.13. The molecule has 1 fully saturated rings. The van der Waals surface area contributed by atoms with Gasteiger partial charge in [0.2, 0.25) is 5.91 Å². The average Bonchev–Trinajstić information content (AvgIpc) is 2.25. The van der Waals surface area contributed by atoms with Crippen molar-refractivity contribution in [2.75, 3.05) is 6.54 Å². The van der Waals surface area contributed by atoms with Crippen molar-refractivity contribution < 1.29 is 9.59 Å². The lowest BCUT2D eigenvalue weighted by Gasteiger charge is -2.26. The van der Waals surface area contributed by atoms with Crippen molar-refractivity contribution in [2.45, 2.75) is 52.0 Å². The Morgan fingerprint density at radius 3 is 2.86 bits per heavy atom. The number of Topliss-reactive ketones (excluding diaryl/α,β-unsaturated/α-hetero) is 1. The van der Waals surface area contributed by atoms with Gasteiger partial charge >= 0.3 is 0 Å². The Kier molecular flexibility index (Phi) is 4.11. The van der Waals surface area contributed by atoms with E-state index in [4.69, 9.17) is 0 Å². The molecule has 1 atom stereocenters. The van der Waals surface area contributed by atoms with Gasteiger partial charge in [-0.15, -0.1) is 0 Å². The van der Waals surface area contributed by atoms with E-state index in [1.807, 2.05) is 4.90 Å². The van der Waals surface area contributed by atoms with E-state index in [9.17, 15) is 9.59 Å². The first-order valence-electron chi connectivity index (χ1n) is 5.40. The number of carbonyl (C=O) groups excluding carboxylic acids is 2. The van der Waals surface area contributed by atoms with E-state index in [-0.39, 0.29) is 11.7 Å². The molecule has 1 rings (SSSR count). The van der Waals surface area contributed by atoms with Crippen LogP contribution >= 0.6 is 0 Å². The van der Waals surface area contributed by atoms with Crippen molar-refractivity contribution in [3.05, 3.63) is 0 Å². The quantitative estimate of drug-likeness (QED) is 0.691. The number of nitrogens with zero attached hydrogens (tertiary/aromatic N) is 1. The van der Waals surface area contributed by atoms with E-state index in [1.54, 1.807) is 6.92 Å². The van der Waals surface area contributed by atoms with Crippen LogP contribution in [0.4, 0.5) is 0 Å². The van der Waals surface area contributed by atoms with Crippen molar-refractivity contribution in [2.24, 2.45) is 0 Å². The molecule has 0 N–H and O–H groups in total. The minimum atomic E-state index is 0.161. The maximum Gasteiger partial charge on any atom is 0.222 e. The molecule has 0 bridgehead atoms. The monoisotopic (exact) mass is 197 g/mol.